The topological polar surface area (TPSA) is 55.2 Å². The maximum Gasteiger partial charge on any atom is 0.288 e. The summed E-state index contributed by atoms with van der Waals surface area (Å²) in [5.41, 5.74) is 5.85. The molecule has 0 saturated heterocycles. The molecule has 2 aliphatic rings. The van der Waals surface area contributed by atoms with Crippen molar-refractivity contribution in [3.05, 3.63) is 79.9 Å². The smallest absolute Gasteiger partial charge is 0.288 e. The molecule has 1 heterocycles. The van der Waals surface area contributed by atoms with E-state index in [0.717, 1.165) is 17.7 Å². The number of hydrogen-bond donors (Lipinski definition) is 1. The average molecular weight is 355 g/mol. The van der Waals surface area contributed by atoms with Gasteiger partial charge < -0.3 is 5.32 Å². The summed E-state index contributed by atoms with van der Waals surface area (Å²) in [6, 6.07) is 9.56. The van der Waals surface area contributed by atoms with E-state index in [4.69, 9.17) is 11.6 Å². The lowest BCUT2D eigenvalue weighted by Gasteiger charge is -2.38. The van der Waals surface area contributed by atoms with Crippen molar-refractivity contribution in [3.63, 3.8) is 0 Å². The van der Waals surface area contributed by atoms with E-state index >= 15 is 0 Å². The number of fused-ring (bicyclic) bond motifs is 3. The number of nitrogens with zero attached hydrogens (tertiary/aromatic N) is 1. The highest BCUT2D eigenvalue weighted by molar-refractivity contribution is 6.32. The predicted octanol–water partition coefficient (Wildman–Crippen LogP) is 5.69. The molecule has 0 bridgehead atoms. The second-order valence-electron chi connectivity index (χ2n) is 6.92. The highest BCUT2D eigenvalue weighted by Gasteiger charge is 2.39. The van der Waals surface area contributed by atoms with Crippen LogP contribution < -0.4 is 5.32 Å². The molecule has 2 aromatic carbocycles. The van der Waals surface area contributed by atoms with Crippen LogP contribution in [0.5, 0.6) is 0 Å². The number of halogens is 1. The van der Waals surface area contributed by atoms with Gasteiger partial charge in [-0.05, 0) is 54.5 Å². The number of allylic oxidation sites excluding steroid dienone is 2. The van der Waals surface area contributed by atoms with Crippen LogP contribution in [0.15, 0.2) is 42.5 Å². The van der Waals surface area contributed by atoms with Crippen molar-refractivity contribution < 1.29 is 4.92 Å². The fourth-order valence-electron chi connectivity index (χ4n) is 4.11. The molecule has 2 aromatic rings. The first-order chi connectivity index (χ1) is 12.0. The van der Waals surface area contributed by atoms with Gasteiger partial charge >= 0.3 is 0 Å². The first-order valence-electron chi connectivity index (χ1n) is 8.44. The molecule has 0 spiro atoms. The molecule has 0 saturated carbocycles. The first-order valence-corrected chi connectivity index (χ1v) is 8.82. The van der Waals surface area contributed by atoms with Crippen molar-refractivity contribution in [3.8, 4) is 0 Å². The molecule has 5 heteroatoms. The van der Waals surface area contributed by atoms with E-state index in [1.807, 2.05) is 6.07 Å². The lowest BCUT2D eigenvalue weighted by atomic mass is 9.76. The Labute approximate surface area is 151 Å². The molecular weight excluding hydrogens is 336 g/mol. The van der Waals surface area contributed by atoms with Gasteiger partial charge in [0.1, 0.15) is 5.02 Å². The summed E-state index contributed by atoms with van der Waals surface area (Å²) >= 11 is 5.99. The molecule has 3 atom stereocenters. The maximum atomic E-state index is 11.3. The van der Waals surface area contributed by atoms with Crippen LogP contribution in [0.2, 0.25) is 5.02 Å². The van der Waals surface area contributed by atoms with Gasteiger partial charge in [0.2, 0.25) is 0 Å². The maximum absolute atomic E-state index is 11.3. The van der Waals surface area contributed by atoms with Gasteiger partial charge in [0.25, 0.3) is 5.69 Å². The Morgan fingerprint density at radius 3 is 2.80 bits per heavy atom. The normalized spacial score (nSPS) is 23.7. The van der Waals surface area contributed by atoms with Crippen molar-refractivity contribution in [2.24, 2.45) is 5.92 Å². The molecule has 128 valence electrons. The van der Waals surface area contributed by atoms with Crippen LogP contribution in [0.1, 0.15) is 40.6 Å². The predicted molar refractivity (Wildman–Crippen MR) is 100 cm³/mol. The lowest BCUT2D eigenvalue weighted by molar-refractivity contribution is -0.384. The van der Waals surface area contributed by atoms with Gasteiger partial charge in [-0.25, -0.2) is 0 Å². The van der Waals surface area contributed by atoms with Crippen LogP contribution in [0.4, 0.5) is 11.4 Å². The van der Waals surface area contributed by atoms with Crippen LogP contribution in [0.25, 0.3) is 0 Å². The van der Waals surface area contributed by atoms with Crippen LogP contribution in [0, 0.1) is 29.9 Å². The fraction of sp³-hybridized carbons (Fsp3) is 0.300. The van der Waals surface area contributed by atoms with Gasteiger partial charge in [-0.2, -0.15) is 0 Å². The molecular formula is C20H19ClN2O2. The molecule has 4 nitrogen and oxygen atoms in total. The lowest BCUT2D eigenvalue weighted by Crippen LogP contribution is -2.29. The van der Waals surface area contributed by atoms with Crippen LogP contribution >= 0.6 is 11.6 Å². The number of rotatable bonds is 2. The van der Waals surface area contributed by atoms with Gasteiger partial charge in [-0.15, -0.1) is 0 Å². The Hall–Kier alpha value is -2.33. The standard InChI is InChI=1S/C20H19ClN2O2/c1-11-6-8-16-14-4-3-5-15(14)20(22-19(16)12(11)2)13-7-9-17(21)18(10-13)23(24)25/h3-4,6-10,14-15,20,22H,5H2,1-2H3/t14-,15+,20+/m0/s1. The Bertz CT molecular complexity index is 907. The molecule has 1 aliphatic carbocycles. The highest BCUT2D eigenvalue weighted by atomic mass is 35.5. The molecule has 0 radical (unpaired) electrons. The van der Waals surface area contributed by atoms with Gasteiger partial charge in [0, 0.05) is 17.7 Å². The number of nitro benzene ring substituents is 1. The van der Waals surface area contributed by atoms with Crippen LogP contribution in [0.3, 0.4) is 0 Å². The van der Waals surface area contributed by atoms with Crippen molar-refractivity contribution in [1.82, 2.24) is 0 Å². The molecule has 0 aromatic heterocycles. The van der Waals surface area contributed by atoms with E-state index in [0.29, 0.717) is 11.8 Å². The zero-order valence-electron chi connectivity index (χ0n) is 14.1. The van der Waals surface area contributed by atoms with Crippen molar-refractivity contribution in [1.29, 1.82) is 0 Å². The van der Waals surface area contributed by atoms with Crippen molar-refractivity contribution >= 4 is 23.0 Å². The molecule has 0 amide bonds. The van der Waals surface area contributed by atoms with E-state index in [-0.39, 0.29) is 16.8 Å². The highest BCUT2D eigenvalue weighted by Crippen LogP contribution is 2.51. The SMILES string of the molecule is Cc1ccc2c(c1C)N[C@H](c1ccc(Cl)c([N+](=O)[O-])c1)[C@@H]1CC=C[C@H]21. The fourth-order valence-corrected chi connectivity index (χ4v) is 4.30. The zero-order valence-corrected chi connectivity index (χ0v) is 14.9. The monoisotopic (exact) mass is 354 g/mol. The third kappa shape index (κ3) is 2.52. The Morgan fingerprint density at radius 2 is 2.04 bits per heavy atom. The molecule has 1 N–H and O–H groups in total. The quantitative estimate of drug-likeness (QED) is 0.428. The average Bonchev–Trinajstić information content (AvgIpc) is 3.07. The van der Waals surface area contributed by atoms with E-state index in [9.17, 15) is 10.1 Å². The third-order valence-corrected chi connectivity index (χ3v) is 5.91. The third-order valence-electron chi connectivity index (χ3n) is 5.59. The molecule has 0 fully saturated rings. The number of nitrogens with one attached hydrogen (secondary N) is 1. The summed E-state index contributed by atoms with van der Waals surface area (Å²) in [5.74, 6) is 0.700. The Kier molecular flexibility index (Phi) is 3.80. The minimum atomic E-state index is -0.414. The van der Waals surface area contributed by atoms with Crippen LogP contribution in [-0.2, 0) is 0 Å². The van der Waals surface area contributed by atoms with Crippen LogP contribution in [-0.4, -0.2) is 4.92 Å². The number of nitro groups is 1. The van der Waals surface area contributed by atoms with E-state index in [1.54, 1.807) is 12.1 Å². The minimum absolute atomic E-state index is 0.0315. The second kappa shape index (κ2) is 5.88. The number of hydrogen-bond acceptors (Lipinski definition) is 3. The summed E-state index contributed by atoms with van der Waals surface area (Å²) in [6.45, 7) is 4.23. The largest absolute Gasteiger partial charge is 0.377 e. The Balaban J connectivity index is 1.83. The van der Waals surface area contributed by atoms with Gasteiger partial charge in [0.05, 0.1) is 11.0 Å². The summed E-state index contributed by atoms with van der Waals surface area (Å²) < 4.78 is 0. The van der Waals surface area contributed by atoms with Gasteiger partial charge in [0.15, 0.2) is 0 Å². The van der Waals surface area contributed by atoms with E-state index in [2.05, 4.69) is 43.4 Å². The molecule has 4 rings (SSSR count). The van der Waals surface area contributed by atoms with Crippen molar-refractivity contribution in [2.75, 3.05) is 5.32 Å². The number of benzene rings is 2. The zero-order chi connectivity index (χ0) is 17.7. The Morgan fingerprint density at radius 1 is 1.24 bits per heavy atom. The minimum Gasteiger partial charge on any atom is -0.377 e. The summed E-state index contributed by atoms with van der Waals surface area (Å²) in [4.78, 5) is 10.9. The summed E-state index contributed by atoms with van der Waals surface area (Å²) in [6.07, 6.45) is 5.46. The van der Waals surface area contributed by atoms with Gasteiger partial charge in [-0.3, -0.25) is 10.1 Å². The molecule has 0 unspecified atom stereocenters. The second-order valence-corrected chi connectivity index (χ2v) is 7.32. The summed E-state index contributed by atoms with van der Waals surface area (Å²) in [5, 5.41) is 15.1. The number of anilines is 1. The van der Waals surface area contributed by atoms with E-state index < -0.39 is 4.92 Å². The van der Waals surface area contributed by atoms with Crippen molar-refractivity contribution in [2.45, 2.75) is 32.2 Å². The van der Waals surface area contributed by atoms with E-state index in [1.165, 1.54) is 16.7 Å². The molecule has 25 heavy (non-hydrogen) atoms. The summed E-state index contributed by atoms with van der Waals surface area (Å²) in [7, 11) is 0. The number of aryl methyl sites for hydroxylation is 1. The first kappa shape index (κ1) is 16.2. The molecule has 1 aliphatic heterocycles. The van der Waals surface area contributed by atoms with Gasteiger partial charge in [-0.1, -0.05) is 42.0 Å².